The zero-order valence-corrected chi connectivity index (χ0v) is 12.6. The average molecular weight is 291 g/mol. The quantitative estimate of drug-likeness (QED) is 0.791. The van der Waals surface area contributed by atoms with Crippen LogP contribution in [0.4, 0.5) is 5.69 Å². The van der Waals surface area contributed by atoms with Gasteiger partial charge in [-0.25, -0.2) is 0 Å². The molecule has 0 aromatic heterocycles. The summed E-state index contributed by atoms with van der Waals surface area (Å²) in [6.45, 7) is 2.92. The summed E-state index contributed by atoms with van der Waals surface area (Å²) in [5.74, 6) is 0.256. The van der Waals surface area contributed by atoms with E-state index in [-0.39, 0.29) is 5.16 Å². The molecule has 106 valence electrons. The fourth-order valence-electron chi connectivity index (χ4n) is 2.29. The summed E-state index contributed by atoms with van der Waals surface area (Å²) < 4.78 is 12.5. The van der Waals surface area contributed by atoms with Gasteiger partial charge in [0.1, 0.15) is 0 Å². The molecule has 1 aromatic rings. The van der Waals surface area contributed by atoms with Crippen molar-refractivity contribution in [2.45, 2.75) is 37.8 Å². The highest BCUT2D eigenvalue weighted by molar-refractivity contribution is 7.55. The summed E-state index contributed by atoms with van der Waals surface area (Å²) in [5, 5.41) is 3.95. The van der Waals surface area contributed by atoms with Gasteiger partial charge in [-0.15, -0.1) is 0 Å². The van der Waals surface area contributed by atoms with E-state index < -0.39 is 13.7 Å². The summed E-state index contributed by atoms with van der Waals surface area (Å²) in [4.78, 5) is 11.6. The summed E-state index contributed by atoms with van der Waals surface area (Å²) in [5.41, 5.74) is 6.67. The predicted octanol–water partition coefficient (Wildman–Crippen LogP) is 2.61. The van der Waals surface area contributed by atoms with Gasteiger partial charge < -0.3 is 11.1 Å². The highest BCUT2D eigenvalue weighted by atomic mass is 31.1. The monoisotopic (exact) mass is 291 g/mol. The second-order valence-electron chi connectivity index (χ2n) is 6.21. The number of hydrogen-bond acceptors (Lipinski definition) is 3. The van der Waals surface area contributed by atoms with Crippen molar-refractivity contribution in [2.75, 3.05) is 11.9 Å². The van der Waals surface area contributed by atoms with Gasteiger partial charge in [-0.05, 0) is 37.8 Å². The number of nitrogens with one attached hydrogen (secondary N) is 1. The smallest absolute Gasteiger partial charge is 0.382 e. The predicted molar refractivity (Wildman–Crippen MR) is 81.1 cm³/mol. The number of anilines is 1. The number of benzene rings is 1. The highest BCUT2D eigenvalue weighted by Gasteiger charge is 2.56. The third-order valence-corrected chi connectivity index (χ3v) is 6.42. The average Bonchev–Trinajstić information content (AvgIpc) is 3.32. The second-order valence-corrected chi connectivity index (χ2v) is 8.39. The molecular weight excluding hydrogens is 271 g/mol. The van der Waals surface area contributed by atoms with Crippen molar-refractivity contribution in [1.29, 1.82) is 0 Å². The van der Waals surface area contributed by atoms with Gasteiger partial charge in [-0.2, -0.15) is 0 Å². The Morgan fingerprint density at radius 3 is 2.70 bits per heavy atom. The molecule has 3 rings (SSSR count). The van der Waals surface area contributed by atoms with Gasteiger partial charge >= 0.3 is 7.80 Å². The van der Waals surface area contributed by atoms with Gasteiger partial charge in [-0.3, -0.25) is 4.79 Å². The van der Waals surface area contributed by atoms with Crippen molar-refractivity contribution in [3.05, 3.63) is 23.8 Å². The molecule has 2 aliphatic rings. The van der Waals surface area contributed by atoms with Crippen LogP contribution >= 0.6 is 7.80 Å². The van der Waals surface area contributed by atoms with Crippen molar-refractivity contribution in [2.24, 2.45) is 11.7 Å². The van der Waals surface area contributed by atoms with E-state index in [0.717, 1.165) is 36.3 Å². The Balaban J connectivity index is 1.84. The standard InChI is InChI=1S/C15H19N2O2P/c1-15(6-7-15)20(19)11-4-5-13(12(8-11)14(16)18)17-9-10-2-3-10/h4-5,8,10H,2-3,6-7,9H2,1H3,(H2-,16,17,18,19)/p+1. The van der Waals surface area contributed by atoms with Crippen molar-refractivity contribution < 1.29 is 9.36 Å². The van der Waals surface area contributed by atoms with E-state index in [4.69, 9.17) is 5.73 Å². The van der Waals surface area contributed by atoms with Crippen LogP contribution in [0.3, 0.4) is 0 Å². The van der Waals surface area contributed by atoms with Crippen molar-refractivity contribution >= 4 is 24.7 Å². The number of primary amides is 1. The van der Waals surface area contributed by atoms with Crippen molar-refractivity contribution in [3.63, 3.8) is 0 Å². The summed E-state index contributed by atoms with van der Waals surface area (Å²) >= 11 is 0. The number of rotatable bonds is 6. The molecule has 0 heterocycles. The van der Waals surface area contributed by atoms with E-state index >= 15 is 0 Å². The minimum absolute atomic E-state index is 0.0762. The molecule has 1 unspecified atom stereocenters. The van der Waals surface area contributed by atoms with Crippen molar-refractivity contribution in [3.8, 4) is 0 Å². The molecule has 2 saturated carbocycles. The van der Waals surface area contributed by atoms with Gasteiger partial charge in [-0.1, -0.05) is 4.57 Å². The largest absolute Gasteiger partial charge is 0.384 e. The van der Waals surface area contributed by atoms with Gasteiger partial charge in [0.25, 0.3) is 5.91 Å². The Labute approximate surface area is 119 Å². The summed E-state index contributed by atoms with van der Waals surface area (Å²) in [7, 11) is -1.45. The van der Waals surface area contributed by atoms with Crippen molar-refractivity contribution in [1.82, 2.24) is 0 Å². The first kappa shape index (κ1) is 13.6. The Morgan fingerprint density at radius 1 is 1.45 bits per heavy atom. The van der Waals surface area contributed by atoms with E-state index in [0.29, 0.717) is 5.56 Å². The Hall–Kier alpha value is -1.41. The third kappa shape index (κ3) is 2.71. The lowest BCUT2D eigenvalue weighted by Crippen LogP contribution is -2.18. The van der Waals surface area contributed by atoms with Gasteiger partial charge in [0.05, 0.1) is 5.56 Å². The number of carbonyl (C=O) groups is 1. The lowest BCUT2D eigenvalue weighted by atomic mass is 10.1. The molecule has 20 heavy (non-hydrogen) atoms. The highest BCUT2D eigenvalue weighted by Crippen LogP contribution is 2.56. The molecule has 2 aliphatic carbocycles. The molecule has 1 atom stereocenters. The normalized spacial score (nSPS) is 20.4. The fourth-order valence-corrected chi connectivity index (χ4v) is 3.89. The lowest BCUT2D eigenvalue weighted by Gasteiger charge is -2.09. The molecule has 5 heteroatoms. The molecule has 3 N–H and O–H groups in total. The first-order valence-corrected chi connectivity index (χ1v) is 8.41. The van der Waals surface area contributed by atoms with Crippen LogP contribution in [0.1, 0.15) is 43.0 Å². The number of carbonyl (C=O) groups excluding carboxylic acids is 1. The van der Waals surface area contributed by atoms with Gasteiger partial charge in [0, 0.05) is 31.1 Å². The molecule has 0 radical (unpaired) electrons. The summed E-state index contributed by atoms with van der Waals surface area (Å²) in [6, 6.07) is 5.42. The SMILES string of the molecule is CC1([P+](=O)c2ccc(NCC3CC3)c(C(N)=O)c2)CC1. The minimum Gasteiger partial charge on any atom is -0.384 e. The molecule has 4 nitrogen and oxygen atoms in total. The zero-order valence-electron chi connectivity index (χ0n) is 11.7. The first-order chi connectivity index (χ1) is 9.49. The van der Waals surface area contributed by atoms with E-state index in [2.05, 4.69) is 5.32 Å². The van der Waals surface area contributed by atoms with Crippen LogP contribution in [0.15, 0.2) is 18.2 Å². The number of hydrogen-bond donors (Lipinski definition) is 2. The van der Waals surface area contributed by atoms with E-state index in [9.17, 15) is 9.36 Å². The summed E-state index contributed by atoms with van der Waals surface area (Å²) in [6.07, 6.45) is 4.49. The van der Waals surface area contributed by atoms with Crippen LogP contribution in [0.25, 0.3) is 0 Å². The van der Waals surface area contributed by atoms with Crippen LogP contribution in [0.5, 0.6) is 0 Å². The molecule has 0 saturated heterocycles. The molecule has 0 bridgehead atoms. The van der Waals surface area contributed by atoms with Crippen LogP contribution in [0.2, 0.25) is 0 Å². The van der Waals surface area contributed by atoms with Gasteiger partial charge in [0.15, 0.2) is 10.5 Å². The Morgan fingerprint density at radius 2 is 2.15 bits per heavy atom. The molecule has 0 aliphatic heterocycles. The molecule has 2 fully saturated rings. The maximum absolute atomic E-state index is 12.5. The van der Waals surface area contributed by atoms with E-state index in [1.807, 2.05) is 19.1 Å². The Bertz CT molecular complexity index is 577. The zero-order chi connectivity index (χ0) is 14.3. The topological polar surface area (TPSA) is 72.2 Å². The second kappa shape index (κ2) is 4.85. The van der Waals surface area contributed by atoms with Crippen LogP contribution in [-0.4, -0.2) is 17.6 Å². The van der Waals surface area contributed by atoms with Crippen LogP contribution in [0, 0.1) is 5.92 Å². The van der Waals surface area contributed by atoms with Gasteiger partial charge in [0.2, 0.25) is 0 Å². The lowest BCUT2D eigenvalue weighted by molar-refractivity contribution is 0.100. The molecular formula is C15H20N2O2P+. The Kier molecular flexibility index (Phi) is 3.29. The van der Waals surface area contributed by atoms with E-state index in [1.165, 1.54) is 12.8 Å². The minimum atomic E-state index is -1.45. The fraction of sp³-hybridized carbons (Fsp3) is 0.533. The third-order valence-electron chi connectivity index (χ3n) is 4.25. The maximum Gasteiger partial charge on any atom is 0.382 e. The van der Waals surface area contributed by atoms with Crippen LogP contribution < -0.4 is 16.4 Å². The molecule has 1 aromatic carbocycles. The molecule has 0 spiro atoms. The molecule has 1 amide bonds. The maximum atomic E-state index is 12.5. The van der Waals surface area contributed by atoms with E-state index in [1.54, 1.807) is 6.07 Å². The number of amides is 1. The first-order valence-electron chi connectivity index (χ1n) is 7.15. The van der Waals surface area contributed by atoms with Crippen LogP contribution in [-0.2, 0) is 4.57 Å². The number of nitrogens with two attached hydrogens (primary N) is 1.